The van der Waals surface area contributed by atoms with Crippen LogP contribution in [0.15, 0.2) is 30.3 Å². The Labute approximate surface area is 106 Å². The molecule has 0 aliphatic rings. The molecule has 0 radical (unpaired) electrons. The normalized spacial score (nSPS) is 12.7. The van der Waals surface area contributed by atoms with Crippen molar-refractivity contribution < 1.29 is 5.11 Å². The highest BCUT2D eigenvalue weighted by atomic mass is 35.5. The predicted octanol–water partition coefficient (Wildman–Crippen LogP) is 2.66. The average Bonchev–Trinajstić information content (AvgIpc) is 2.61. The van der Waals surface area contributed by atoms with Crippen molar-refractivity contribution in [2.75, 3.05) is 0 Å². The second-order valence-electron chi connectivity index (χ2n) is 4.18. The maximum atomic E-state index is 10.1. The lowest BCUT2D eigenvalue weighted by atomic mass is 10.1. The van der Waals surface area contributed by atoms with Crippen LogP contribution in [0.1, 0.15) is 23.1 Å². The fourth-order valence-corrected chi connectivity index (χ4v) is 2.02. The molecule has 1 unspecified atom stereocenters. The van der Waals surface area contributed by atoms with Crippen LogP contribution in [0.2, 0.25) is 5.02 Å². The molecule has 3 nitrogen and oxygen atoms in total. The predicted molar refractivity (Wildman–Crippen MR) is 68.1 cm³/mol. The number of aliphatic hydroxyl groups is 1. The Bertz CT molecular complexity index is 505. The summed E-state index contributed by atoms with van der Waals surface area (Å²) in [6, 6.07) is 9.42. The number of aliphatic hydroxyl groups excluding tert-OH is 1. The summed E-state index contributed by atoms with van der Waals surface area (Å²) in [5.41, 5.74) is 2.80. The van der Waals surface area contributed by atoms with E-state index in [0.29, 0.717) is 11.4 Å². The molecule has 1 heterocycles. The van der Waals surface area contributed by atoms with Crippen LogP contribution in [0.4, 0.5) is 0 Å². The van der Waals surface area contributed by atoms with E-state index in [1.165, 1.54) is 0 Å². The van der Waals surface area contributed by atoms with Gasteiger partial charge in [-0.2, -0.15) is 5.10 Å². The van der Waals surface area contributed by atoms with Crippen molar-refractivity contribution in [3.05, 3.63) is 52.3 Å². The summed E-state index contributed by atoms with van der Waals surface area (Å²) in [6.45, 7) is 1.92. The molecule has 1 N–H and O–H groups in total. The summed E-state index contributed by atoms with van der Waals surface area (Å²) in [5.74, 6) is 0. The molecule has 0 saturated carbocycles. The molecule has 1 aromatic heterocycles. The summed E-state index contributed by atoms with van der Waals surface area (Å²) in [4.78, 5) is 0. The number of aryl methyl sites for hydroxylation is 2. The fourth-order valence-electron chi connectivity index (χ4n) is 1.89. The van der Waals surface area contributed by atoms with Gasteiger partial charge in [-0.3, -0.25) is 4.68 Å². The average molecular weight is 251 g/mol. The first-order valence-electron chi connectivity index (χ1n) is 5.49. The standard InChI is InChI=1S/C13H15ClN2O/c1-9-7-12(16(2)15-9)13(17)8-10-3-5-11(14)6-4-10/h3-7,13,17H,8H2,1-2H3. The second-order valence-corrected chi connectivity index (χ2v) is 4.62. The Kier molecular flexibility index (Phi) is 3.50. The Morgan fingerprint density at radius 3 is 2.53 bits per heavy atom. The van der Waals surface area contributed by atoms with E-state index in [4.69, 9.17) is 11.6 Å². The Balaban J connectivity index is 2.14. The lowest BCUT2D eigenvalue weighted by Gasteiger charge is -2.10. The minimum absolute atomic E-state index is 0.539. The molecule has 90 valence electrons. The molecule has 17 heavy (non-hydrogen) atoms. The topological polar surface area (TPSA) is 38.0 Å². The summed E-state index contributed by atoms with van der Waals surface area (Å²) in [7, 11) is 1.84. The number of halogens is 1. The van der Waals surface area contributed by atoms with Crippen LogP contribution in [-0.2, 0) is 13.5 Å². The third-order valence-electron chi connectivity index (χ3n) is 2.72. The smallest absolute Gasteiger partial charge is 0.0996 e. The van der Waals surface area contributed by atoms with Crippen molar-refractivity contribution in [1.82, 2.24) is 9.78 Å². The van der Waals surface area contributed by atoms with Crippen LogP contribution in [0.3, 0.4) is 0 Å². The van der Waals surface area contributed by atoms with E-state index in [-0.39, 0.29) is 0 Å². The van der Waals surface area contributed by atoms with Gasteiger partial charge in [0.15, 0.2) is 0 Å². The lowest BCUT2D eigenvalue weighted by Crippen LogP contribution is -2.07. The number of benzene rings is 1. The van der Waals surface area contributed by atoms with Gasteiger partial charge in [0.2, 0.25) is 0 Å². The van der Waals surface area contributed by atoms with Crippen molar-refractivity contribution >= 4 is 11.6 Å². The van der Waals surface area contributed by atoms with E-state index in [0.717, 1.165) is 17.0 Å². The molecule has 0 bridgehead atoms. The van der Waals surface area contributed by atoms with Crippen molar-refractivity contribution in [3.8, 4) is 0 Å². The van der Waals surface area contributed by atoms with Gasteiger partial charge in [-0.15, -0.1) is 0 Å². The highest BCUT2D eigenvalue weighted by Gasteiger charge is 2.13. The van der Waals surface area contributed by atoms with Gasteiger partial charge in [0.1, 0.15) is 0 Å². The molecule has 1 aromatic carbocycles. The Morgan fingerprint density at radius 1 is 1.35 bits per heavy atom. The fraction of sp³-hybridized carbons (Fsp3) is 0.308. The van der Waals surface area contributed by atoms with Gasteiger partial charge in [-0.25, -0.2) is 0 Å². The molecular weight excluding hydrogens is 236 g/mol. The number of nitrogens with zero attached hydrogens (tertiary/aromatic N) is 2. The molecule has 0 saturated heterocycles. The zero-order valence-corrected chi connectivity index (χ0v) is 10.6. The number of rotatable bonds is 3. The molecule has 0 amide bonds. The van der Waals surface area contributed by atoms with Crippen molar-refractivity contribution in [3.63, 3.8) is 0 Å². The summed E-state index contributed by atoms with van der Waals surface area (Å²) < 4.78 is 1.72. The van der Waals surface area contributed by atoms with E-state index < -0.39 is 6.10 Å². The first kappa shape index (κ1) is 12.1. The minimum Gasteiger partial charge on any atom is -0.386 e. The van der Waals surface area contributed by atoms with Crippen LogP contribution in [-0.4, -0.2) is 14.9 Å². The van der Waals surface area contributed by atoms with Crippen LogP contribution in [0.25, 0.3) is 0 Å². The largest absolute Gasteiger partial charge is 0.386 e. The number of hydrogen-bond acceptors (Lipinski definition) is 2. The Morgan fingerprint density at radius 2 is 2.00 bits per heavy atom. The molecule has 4 heteroatoms. The first-order chi connectivity index (χ1) is 8.06. The third kappa shape index (κ3) is 2.87. The van der Waals surface area contributed by atoms with Gasteiger partial charge in [0, 0.05) is 18.5 Å². The van der Waals surface area contributed by atoms with Crippen LogP contribution in [0, 0.1) is 6.92 Å². The van der Waals surface area contributed by atoms with Crippen molar-refractivity contribution in [1.29, 1.82) is 0 Å². The lowest BCUT2D eigenvalue weighted by molar-refractivity contribution is 0.168. The van der Waals surface area contributed by atoms with Gasteiger partial charge in [0.25, 0.3) is 0 Å². The zero-order valence-electron chi connectivity index (χ0n) is 9.89. The summed E-state index contributed by atoms with van der Waals surface area (Å²) >= 11 is 5.82. The summed E-state index contributed by atoms with van der Waals surface area (Å²) in [6.07, 6.45) is 0.0262. The van der Waals surface area contributed by atoms with E-state index >= 15 is 0 Å². The van der Waals surface area contributed by atoms with Gasteiger partial charge in [-0.1, -0.05) is 23.7 Å². The van der Waals surface area contributed by atoms with Crippen molar-refractivity contribution in [2.24, 2.45) is 7.05 Å². The highest BCUT2D eigenvalue weighted by Crippen LogP contribution is 2.19. The molecule has 1 atom stereocenters. The minimum atomic E-state index is -0.539. The van der Waals surface area contributed by atoms with Crippen LogP contribution >= 0.6 is 11.6 Å². The molecule has 0 fully saturated rings. The van der Waals surface area contributed by atoms with Crippen molar-refractivity contribution in [2.45, 2.75) is 19.4 Å². The van der Waals surface area contributed by atoms with E-state index in [1.54, 1.807) is 4.68 Å². The molecule has 0 aliphatic carbocycles. The molecule has 0 spiro atoms. The van der Waals surface area contributed by atoms with Gasteiger partial charge >= 0.3 is 0 Å². The highest BCUT2D eigenvalue weighted by molar-refractivity contribution is 6.30. The maximum Gasteiger partial charge on any atom is 0.0996 e. The first-order valence-corrected chi connectivity index (χ1v) is 5.87. The van der Waals surface area contributed by atoms with Gasteiger partial charge in [-0.05, 0) is 30.7 Å². The SMILES string of the molecule is Cc1cc(C(O)Cc2ccc(Cl)cc2)n(C)n1. The molecular formula is C13H15ClN2O. The molecule has 2 rings (SSSR count). The Hall–Kier alpha value is -1.32. The number of hydrogen-bond donors (Lipinski definition) is 1. The third-order valence-corrected chi connectivity index (χ3v) is 2.97. The summed E-state index contributed by atoms with van der Waals surface area (Å²) in [5, 5.41) is 15.1. The van der Waals surface area contributed by atoms with E-state index in [1.807, 2.05) is 44.3 Å². The maximum absolute atomic E-state index is 10.1. The van der Waals surface area contributed by atoms with Crippen LogP contribution < -0.4 is 0 Å². The van der Waals surface area contributed by atoms with Gasteiger partial charge in [0.05, 0.1) is 17.5 Å². The molecule has 2 aromatic rings. The monoisotopic (exact) mass is 250 g/mol. The second kappa shape index (κ2) is 4.90. The van der Waals surface area contributed by atoms with Crippen LogP contribution in [0.5, 0.6) is 0 Å². The molecule has 0 aliphatic heterocycles. The van der Waals surface area contributed by atoms with E-state index in [9.17, 15) is 5.11 Å². The van der Waals surface area contributed by atoms with E-state index in [2.05, 4.69) is 5.10 Å². The quantitative estimate of drug-likeness (QED) is 0.910. The zero-order chi connectivity index (χ0) is 12.4. The number of aromatic nitrogens is 2. The van der Waals surface area contributed by atoms with Gasteiger partial charge < -0.3 is 5.11 Å².